The average molecular weight is 492 g/mol. The van der Waals surface area contributed by atoms with Gasteiger partial charge in [-0.2, -0.15) is 0 Å². The van der Waals surface area contributed by atoms with Gasteiger partial charge in [0.2, 0.25) is 5.91 Å². The van der Waals surface area contributed by atoms with E-state index in [1.807, 2.05) is 44.3 Å². The van der Waals surface area contributed by atoms with Crippen molar-refractivity contribution in [3.63, 3.8) is 0 Å². The van der Waals surface area contributed by atoms with Crippen LogP contribution in [0.2, 0.25) is 0 Å². The SMILES string of the molecule is CC(C)CN(CC(=O)N(CCc1c[nH]c2ccccc12)Cc1ccc(F)cc1)C(=O)C(Cl)Cl. The summed E-state index contributed by atoms with van der Waals surface area (Å²) in [5.74, 6) is -0.897. The van der Waals surface area contributed by atoms with Crippen molar-refractivity contribution in [1.82, 2.24) is 14.8 Å². The Hall–Kier alpha value is -2.57. The monoisotopic (exact) mass is 491 g/mol. The fourth-order valence-electron chi connectivity index (χ4n) is 3.77. The average Bonchev–Trinajstić information content (AvgIpc) is 3.19. The number of aromatic nitrogens is 1. The zero-order valence-corrected chi connectivity index (χ0v) is 20.2. The summed E-state index contributed by atoms with van der Waals surface area (Å²) in [5.41, 5.74) is 2.94. The number of halogens is 3. The number of nitrogens with one attached hydrogen (secondary N) is 1. The molecule has 2 amide bonds. The molecule has 0 bridgehead atoms. The fraction of sp³-hybridized carbons (Fsp3) is 0.360. The van der Waals surface area contributed by atoms with Crippen molar-refractivity contribution in [2.45, 2.75) is 31.6 Å². The van der Waals surface area contributed by atoms with Gasteiger partial charge in [-0.05, 0) is 41.7 Å². The number of carbonyl (C=O) groups excluding carboxylic acids is 2. The topological polar surface area (TPSA) is 56.4 Å². The lowest BCUT2D eigenvalue weighted by Gasteiger charge is -2.29. The van der Waals surface area contributed by atoms with Crippen LogP contribution >= 0.6 is 23.2 Å². The van der Waals surface area contributed by atoms with Gasteiger partial charge in [0.15, 0.2) is 4.84 Å². The Kier molecular flexibility index (Phi) is 8.75. The standard InChI is InChI=1S/C25H28Cl2FN3O2/c1-17(2)14-31(25(33)24(26)27)16-23(32)30(15-18-7-9-20(28)10-8-18)12-11-19-13-29-22-6-4-3-5-21(19)22/h3-10,13,17,24,29H,11-12,14-16H2,1-2H3. The lowest BCUT2D eigenvalue weighted by atomic mass is 10.1. The van der Waals surface area contributed by atoms with E-state index in [9.17, 15) is 14.0 Å². The Labute approximate surface area is 203 Å². The second kappa shape index (κ2) is 11.5. The number of hydrogen-bond acceptors (Lipinski definition) is 2. The number of benzene rings is 2. The molecule has 33 heavy (non-hydrogen) atoms. The zero-order chi connectivity index (χ0) is 24.0. The third-order valence-corrected chi connectivity index (χ3v) is 5.75. The molecule has 0 radical (unpaired) electrons. The van der Waals surface area contributed by atoms with Crippen molar-refractivity contribution in [2.75, 3.05) is 19.6 Å². The molecular weight excluding hydrogens is 464 g/mol. The Morgan fingerprint density at radius 1 is 1.03 bits per heavy atom. The molecule has 0 spiro atoms. The normalized spacial score (nSPS) is 11.4. The fourth-order valence-corrected chi connectivity index (χ4v) is 4.05. The van der Waals surface area contributed by atoms with Crippen LogP contribution in [-0.2, 0) is 22.6 Å². The second-order valence-corrected chi connectivity index (χ2v) is 9.56. The van der Waals surface area contributed by atoms with Crippen LogP contribution in [-0.4, -0.2) is 51.1 Å². The molecule has 0 aliphatic heterocycles. The van der Waals surface area contributed by atoms with Crippen molar-refractivity contribution in [3.8, 4) is 0 Å². The second-order valence-electron chi connectivity index (χ2n) is 8.46. The van der Waals surface area contributed by atoms with Crippen LogP contribution in [0.5, 0.6) is 0 Å². The molecule has 8 heteroatoms. The highest BCUT2D eigenvalue weighted by molar-refractivity contribution is 6.53. The van der Waals surface area contributed by atoms with E-state index in [2.05, 4.69) is 4.98 Å². The summed E-state index contributed by atoms with van der Waals surface area (Å²) in [5, 5.41) is 1.11. The van der Waals surface area contributed by atoms with Crippen LogP contribution in [0.15, 0.2) is 54.7 Å². The molecule has 2 aromatic carbocycles. The molecule has 0 unspecified atom stereocenters. The minimum atomic E-state index is -1.23. The summed E-state index contributed by atoms with van der Waals surface area (Å²) in [6, 6.07) is 14.1. The molecule has 0 atom stereocenters. The summed E-state index contributed by atoms with van der Waals surface area (Å²) < 4.78 is 13.4. The lowest BCUT2D eigenvalue weighted by molar-refractivity contribution is -0.140. The van der Waals surface area contributed by atoms with Crippen LogP contribution in [0.25, 0.3) is 10.9 Å². The third-order valence-electron chi connectivity index (χ3n) is 5.38. The smallest absolute Gasteiger partial charge is 0.256 e. The van der Waals surface area contributed by atoms with Gasteiger partial charge in [0.25, 0.3) is 5.91 Å². The van der Waals surface area contributed by atoms with Crippen LogP contribution in [0.3, 0.4) is 0 Å². The van der Waals surface area contributed by atoms with Gasteiger partial charge < -0.3 is 14.8 Å². The number of carbonyl (C=O) groups is 2. The largest absolute Gasteiger partial charge is 0.361 e. The van der Waals surface area contributed by atoms with E-state index in [1.165, 1.54) is 17.0 Å². The van der Waals surface area contributed by atoms with Gasteiger partial charge in [0.1, 0.15) is 5.82 Å². The van der Waals surface area contributed by atoms with Crippen LogP contribution in [0, 0.1) is 11.7 Å². The van der Waals surface area contributed by atoms with E-state index in [0.717, 1.165) is 22.0 Å². The van der Waals surface area contributed by atoms with Gasteiger partial charge in [-0.1, -0.05) is 67.4 Å². The van der Waals surface area contributed by atoms with Gasteiger partial charge in [0.05, 0.1) is 6.54 Å². The molecule has 0 saturated heterocycles. The highest BCUT2D eigenvalue weighted by Crippen LogP contribution is 2.19. The van der Waals surface area contributed by atoms with Gasteiger partial charge >= 0.3 is 0 Å². The molecular formula is C25H28Cl2FN3O2. The maximum absolute atomic E-state index is 13.4. The van der Waals surface area contributed by atoms with Crippen molar-refractivity contribution >= 4 is 45.9 Å². The van der Waals surface area contributed by atoms with Crippen molar-refractivity contribution in [1.29, 1.82) is 0 Å². The van der Waals surface area contributed by atoms with Gasteiger partial charge in [-0.15, -0.1) is 0 Å². The molecule has 5 nitrogen and oxygen atoms in total. The molecule has 1 aromatic heterocycles. The minimum Gasteiger partial charge on any atom is -0.361 e. The first-order chi connectivity index (χ1) is 15.7. The number of amides is 2. The Morgan fingerprint density at radius 2 is 1.73 bits per heavy atom. The van der Waals surface area contributed by atoms with Crippen molar-refractivity contribution in [2.24, 2.45) is 5.92 Å². The Bertz CT molecular complexity index is 1080. The number of para-hydroxylation sites is 1. The van der Waals surface area contributed by atoms with Crippen molar-refractivity contribution in [3.05, 3.63) is 71.7 Å². The number of rotatable bonds is 10. The van der Waals surface area contributed by atoms with Gasteiger partial charge in [0, 0.05) is 36.7 Å². The lowest BCUT2D eigenvalue weighted by Crippen LogP contribution is -2.46. The molecule has 1 N–H and O–H groups in total. The summed E-state index contributed by atoms with van der Waals surface area (Å²) >= 11 is 11.6. The van der Waals surface area contributed by atoms with E-state index in [4.69, 9.17) is 23.2 Å². The van der Waals surface area contributed by atoms with E-state index in [-0.39, 0.29) is 24.2 Å². The maximum Gasteiger partial charge on any atom is 0.256 e. The number of aromatic amines is 1. The van der Waals surface area contributed by atoms with Crippen LogP contribution in [0.4, 0.5) is 4.39 Å². The maximum atomic E-state index is 13.4. The predicted molar refractivity (Wildman–Crippen MR) is 131 cm³/mol. The first-order valence-electron chi connectivity index (χ1n) is 10.9. The summed E-state index contributed by atoms with van der Waals surface area (Å²) in [6.45, 7) is 4.89. The number of fused-ring (bicyclic) bond motifs is 1. The van der Waals surface area contributed by atoms with Crippen molar-refractivity contribution < 1.29 is 14.0 Å². The molecule has 3 rings (SSSR count). The summed E-state index contributed by atoms with van der Waals surface area (Å²) in [6.07, 6.45) is 2.58. The quantitative estimate of drug-likeness (QED) is 0.398. The minimum absolute atomic E-state index is 0.123. The van der Waals surface area contributed by atoms with E-state index in [1.54, 1.807) is 17.0 Å². The molecule has 0 aliphatic rings. The van der Waals surface area contributed by atoms with E-state index < -0.39 is 10.7 Å². The van der Waals surface area contributed by atoms with Crippen LogP contribution in [0.1, 0.15) is 25.0 Å². The number of alkyl halides is 2. The van der Waals surface area contributed by atoms with Gasteiger partial charge in [-0.25, -0.2) is 4.39 Å². The molecule has 1 heterocycles. The molecule has 176 valence electrons. The predicted octanol–water partition coefficient (Wildman–Crippen LogP) is 5.17. The highest BCUT2D eigenvalue weighted by Gasteiger charge is 2.26. The summed E-state index contributed by atoms with van der Waals surface area (Å²) in [4.78, 5) is 30.9. The number of hydrogen-bond donors (Lipinski definition) is 1. The van der Waals surface area contributed by atoms with E-state index >= 15 is 0 Å². The molecule has 0 saturated carbocycles. The summed E-state index contributed by atoms with van der Waals surface area (Å²) in [7, 11) is 0. The third kappa shape index (κ3) is 6.95. The molecule has 3 aromatic rings. The van der Waals surface area contributed by atoms with E-state index in [0.29, 0.717) is 26.1 Å². The Morgan fingerprint density at radius 3 is 2.39 bits per heavy atom. The first kappa shape index (κ1) is 25.1. The number of H-pyrrole nitrogens is 1. The molecule has 0 aliphatic carbocycles. The highest BCUT2D eigenvalue weighted by atomic mass is 35.5. The molecule has 0 fully saturated rings. The van der Waals surface area contributed by atoms with Crippen LogP contribution < -0.4 is 0 Å². The zero-order valence-electron chi connectivity index (χ0n) is 18.7. The van der Waals surface area contributed by atoms with Gasteiger partial charge in [-0.3, -0.25) is 9.59 Å². The Balaban J connectivity index is 1.79. The first-order valence-corrected chi connectivity index (χ1v) is 11.8. The number of nitrogens with zero attached hydrogens (tertiary/aromatic N) is 2.